The van der Waals surface area contributed by atoms with Gasteiger partial charge in [0.05, 0.1) is 18.1 Å². The van der Waals surface area contributed by atoms with Crippen LogP contribution < -0.4 is 10.1 Å². The van der Waals surface area contributed by atoms with Crippen LogP contribution in [0.2, 0.25) is 0 Å². The van der Waals surface area contributed by atoms with Crippen molar-refractivity contribution >= 4 is 9.84 Å². The van der Waals surface area contributed by atoms with Gasteiger partial charge in [-0.1, -0.05) is 6.07 Å². The smallest absolute Gasteiger partial charge is 0.150 e. The van der Waals surface area contributed by atoms with Crippen molar-refractivity contribution < 1.29 is 13.2 Å². The first kappa shape index (κ1) is 12.9. The fraction of sp³-hybridized carbons (Fsp3) is 0.571. The predicted octanol–water partition coefficient (Wildman–Crippen LogP) is 1.49. The largest absolute Gasteiger partial charge is 0.493 e. The number of hydrogen-bond acceptors (Lipinski definition) is 4. The van der Waals surface area contributed by atoms with Crippen LogP contribution in [0.15, 0.2) is 18.2 Å². The van der Waals surface area contributed by atoms with E-state index in [1.807, 2.05) is 6.07 Å². The highest BCUT2D eigenvalue weighted by Crippen LogP contribution is 2.24. The molecular formula is C14H19NO3S. The van der Waals surface area contributed by atoms with E-state index in [4.69, 9.17) is 4.74 Å². The molecule has 0 saturated carbocycles. The number of benzene rings is 1. The summed E-state index contributed by atoms with van der Waals surface area (Å²) >= 11 is 0. The van der Waals surface area contributed by atoms with Crippen LogP contribution in [-0.2, 0) is 22.9 Å². The lowest BCUT2D eigenvalue weighted by atomic mass is 10.1. The Morgan fingerprint density at radius 2 is 2.11 bits per heavy atom. The molecule has 4 nitrogen and oxygen atoms in total. The highest BCUT2D eigenvalue weighted by atomic mass is 32.2. The van der Waals surface area contributed by atoms with Gasteiger partial charge in [-0.05, 0) is 36.1 Å². The summed E-state index contributed by atoms with van der Waals surface area (Å²) in [5.74, 6) is 1.61. The van der Waals surface area contributed by atoms with Crippen molar-refractivity contribution in [3.05, 3.63) is 29.3 Å². The Morgan fingerprint density at radius 1 is 1.26 bits per heavy atom. The molecule has 1 aromatic carbocycles. The maximum absolute atomic E-state index is 11.6. The van der Waals surface area contributed by atoms with Gasteiger partial charge < -0.3 is 10.1 Å². The molecule has 1 fully saturated rings. The third kappa shape index (κ3) is 3.09. The Kier molecular flexibility index (Phi) is 3.50. The Labute approximate surface area is 114 Å². The summed E-state index contributed by atoms with van der Waals surface area (Å²) in [4.78, 5) is 0. The molecule has 2 aliphatic rings. The maximum Gasteiger partial charge on any atom is 0.150 e. The fourth-order valence-electron chi connectivity index (χ4n) is 2.82. The standard InChI is InChI=1S/C14H19NO3S/c16-19(17)5-1-2-11(10-19)9-18-14-4-3-12-7-15-8-13(12)6-14/h3-4,6,11,15H,1-2,5,7-10H2. The highest BCUT2D eigenvalue weighted by Gasteiger charge is 2.25. The van der Waals surface area contributed by atoms with E-state index >= 15 is 0 Å². The maximum atomic E-state index is 11.6. The van der Waals surface area contributed by atoms with E-state index in [-0.39, 0.29) is 11.7 Å². The Balaban J connectivity index is 1.60. The lowest BCUT2D eigenvalue weighted by Crippen LogP contribution is -2.29. The van der Waals surface area contributed by atoms with Gasteiger partial charge in [0.1, 0.15) is 5.75 Å². The summed E-state index contributed by atoms with van der Waals surface area (Å²) in [7, 11) is -2.84. The van der Waals surface area contributed by atoms with E-state index in [9.17, 15) is 8.42 Å². The van der Waals surface area contributed by atoms with E-state index in [1.165, 1.54) is 11.1 Å². The van der Waals surface area contributed by atoms with Gasteiger partial charge in [-0.2, -0.15) is 0 Å². The van der Waals surface area contributed by atoms with Crippen LogP contribution in [0.25, 0.3) is 0 Å². The Hall–Kier alpha value is -1.07. The SMILES string of the molecule is O=S1(=O)CCCC(COc2ccc3c(c2)CNC3)C1. The molecule has 1 aromatic rings. The second-order valence-electron chi connectivity index (χ2n) is 5.47. The number of ether oxygens (including phenoxy) is 1. The first-order valence-electron chi connectivity index (χ1n) is 6.78. The predicted molar refractivity (Wildman–Crippen MR) is 73.9 cm³/mol. The molecule has 0 radical (unpaired) electrons. The molecule has 1 unspecified atom stereocenters. The minimum absolute atomic E-state index is 0.144. The lowest BCUT2D eigenvalue weighted by molar-refractivity contribution is 0.249. The van der Waals surface area contributed by atoms with Crippen LogP contribution in [-0.4, -0.2) is 26.5 Å². The molecule has 0 spiro atoms. The van der Waals surface area contributed by atoms with E-state index in [0.717, 1.165) is 31.7 Å². The molecular weight excluding hydrogens is 262 g/mol. The van der Waals surface area contributed by atoms with Gasteiger partial charge in [-0.25, -0.2) is 8.42 Å². The van der Waals surface area contributed by atoms with Gasteiger partial charge in [0.25, 0.3) is 0 Å². The van der Waals surface area contributed by atoms with E-state index in [0.29, 0.717) is 12.4 Å². The monoisotopic (exact) mass is 281 g/mol. The molecule has 104 valence electrons. The molecule has 5 heteroatoms. The van der Waals surface area contributed by atoms with Crippen LogP contribution in [0, 0.1) is 5.92 Å². The van der Waals surface area contributed by atoms with E-state index in [2.05, 4.69) is 17.4 Å². The highest BCUT2D eigenvalue weighted by molar-refractivity contribution is 7.91. The average molecular weight is 281 g/mol. The van der Waals surface area contributed by atoms with Crippen molar-refractivity contribution in [1.82, 2.24) is 5.32 Å². The summed E-state index contributed by atoms with van der Waals surface area (Å²) in [6, 6.07) is 6.12. The molecule has 1 saturated heterocycles. The molecule has 2 heterocycles. The summed E-state index contributed by atoms with van der Waals surface area (Å²) in [5, 5.41) is 3.30. The van der Waals surface area contributed by atoms with Crippen LogP contribution in [0.3, 0.4) is 0 Å². The zero-order valence-corrected chi connectivity index (χ0v) is 11.7. The lowest BCUT2D eigenvalue weighted by Gasteiger charge is -2.22. The van der Waals surface area contributed by atoms with Crippen molar-refractivity contribution in [3.8, 4) is 5.75 Å². The molecule has 0 amide bonds. The summed E-state index contributed by atoms with van der Waals surface area (Å²) in [6.07, 6.45) is 1.72. The van der Waals surface area contributed by atoms with Crippen molar-refractivity contribution in [3.63, 3.8) is 0 Å². The quantitative estimate of drug-likeness (QED) is 0.912. The molecule has 0 aromatic heterocycles. The number of hydrogen-bond donors (Lipinski definition) is 1. The molecule has 19 heavy (non-hydrogen) atoms. The van der Waals surface area contributed by atoms with Gasteiger partial charge in [-0.3, -0.25) is 0 Å². The minimum Gasteiger partial charge on any atom is -0.493 e. The van der Waals surface area contributed by atoms with Crippen LogP contribution in [0.5, 0.6) is 5.75 Å². The first-order chi connectivity index (χ1) is 9.12. The number of nitrogens with one attached hydrogen (secondary N) is 1. The molecule has 2 aliphatic heterocycles. The van der Waals surface area contributed by atoms with Crippen LogP contribution in [0.4, 0.5) is 0 Å². The van der Waals surface area contributed by atoms with Crippen molar-refractivity contribution in [2.45, 2.75) is 25.9 Å². The second kappa shape index (κ2) is 5.13. The zero-order chi connectivity index (χ0) is 13.3. The summed E-state index contributed by atoms with van der Waals surface area (Å²) in [5.41, 5.74) is 2.61. The second-order valence-corrected chi connectivity index (χ2v) is 7.70. The Bertz CT molecular complexity index is 568. The normalized spacial score (nSPS) is 24.9. The molecule has 1 N–H and O–H groups in total. The number of sulfone groups is 1. The van der Waals surface area contributed by atoms with Gasteiger partial charge in [0.15, 0.2) is 9.84 Å². The van der Waals surface area contributed by atoms with Gasteiger partial charge in [0, 0.05) is 19.0 Å². The number of fused-ring (bicyclic) bond motifs is 1. The van der Waals surface area contributed by atoms with Gasteiger partial charge in [-0.15, -0.1) is 0 Å². The fourth-order valence-corrected chi connectivity index (χ4v) is 4.58. The molecule has 3 rings (SSSR count). The first-order valence-corrected chi connectivity index (χ1v) is 8.60. The van der Waals surface area contributed by atoms with E-state index in [1.54, 1.807) is 0 Å². The Morgan fingerprint density at radius 3 is 2.95 bits per heavy atom. The van der Waals surface area contributed by atoms with Crippen molar-refractivity contribution in [2.24, 2.45) is 5.92 Å². The van der Waals surface area contributed by atoms with Crippen LogP contribution >= 0.6 is 0 Å². The van der Waals surface area contributed by atoms with Crippen molar-refractivity contribution in [1.29, 1.82) is 0 Å². The van der Waals surface area contributed by atoms with Gasteiger partial charge >= 0.3 is 0 Å². The zero-order valence-electron chi connectivity index (χ0n) is 10.9. The summed E-state index contributed by atoms with van der Waals surface area (Å²) < 4.78 is 28.9. The van der Waals surface area contributed by atoms with Crippen molar-refractivity contribution in [2.75, 3.05) is 18.1 Å². The third-order valence-electron chi connectivity index (χ3n) is 3.85. The van der Waals surface area contributed by atoms with E-state index < -0.39 is 9.84 Å². The average Bonchev–Trinajstić information content (AvgIpc) is 2.82. The third-order valence-corrected chi connectivity index (χ3v) is 5.74. The minimum atomic E-state index is -2.84. The summed E-state index contributed by atoms with van der Waals surface area (Å²) in [6.45, 7) is 2.33. The molecule has 0 aliphatic carbocycles. The molecule has 1 atom stereocenters. The molecule has 0 bridgehead atoms. The van der Waals surface area contributed by atoms with Crippen LogP contribution in [0.1, 0.15) is 24.0 Å². The number of rotatable bonds is 3. The topological polar surface area (TPSA) is 55.4 Å². The van der Waals surface area contributed by atoms with Gasteiger partial charge in [0.2, 0.25) is 0 Å².